The van der Waals surface area contributed by atoms with Gasteiger partial charge in [0.15, 0.2) is 0 Å². The van der Waals surface area contributed by atoms with Crippen LogP contribution in [0.25, 0.3) is 11.1 Å². The summed E-state index contributed by atoms with van der Waals surface area (Å²) in [6.07, 6.45) is 0.335. The van der Waals surface area contributed by atoms with Crippen LogP contribution in [0.1, 0.15) is 50.2 Å². The van der Waals surface area contributed by atoms with E-state index in [4.69, 9.17) is 10.8 Å². The Kier molecular flexibility index (Phi) is 10.0. The van der Waals surface area contributed by atoms with Crippen molar-refractivity contribution in [1.82, 2.24) is 10.2 Å². The lowest BCUT2D eigenvalue weighted by Crippen LogP contribution is -2.49. The number of hydrogen-bond donors (Lipinski definition) is 5. The lowest BCUT2D eigenvalue weighted by atomic mass is 9.72. The Bertz CT molecular complexity index is 1080. The van der Waals surface area contributed by atoms with Gasteiger partial charge in [0, 0.05) is 37.7 Å². The maximum absolute atomic E-state index is 15.4. The molecule has 0 radical (unpaired) electrons. The molecule has 0 unspecified atom stereocenters. The molecule has 9 heteroatoms. The summed E-state index contributed by atoms with van der Waals surface area (Å²) in [7, 11) is 0. The fraction of sp³-hybridized carbons (Fsp3) is 0.500. The van der Waals surface area contributed by atoms with E-state index in [1.807, 2.05) is 31.2 Å². The number of benzene rings is 2. The van der Waals surface area contributed by atoms with Crippen molar-refractivity contribution in [3.05, 3.63) is 59.4 Å². The Morgan fingerprint density at radius 3 is 2.73 bits per heavy atom. The number of nitrogens with two attached hydrogens (primary N) is 1. The molecule has 0 saturated carbocycles. The highest BCUT2D eigenvalue weighted by molar-refractivity contribution is 5.77. The molecule has 0 aromatic heterocycles. The maximum atomic E-state index is 15.4. The number of piperidine rings is 1. The number of carboxylic acid groups (broad SMARTS) is 1. The van der Waals surface area contributed by atoms with E-state index in [1.54, 1.807) is 17.0 Å². The van der Waals surface area contributed by atoms with E-state index in [2.05, 4.69) is 5.32 Å². The molecule has 202 valence electrons. The fourth-order valence-corrected chi connectivity index (χ4v) is 5.24. The van der Waals surface area contributed by atoms with Gasteiger partial charge in [-0.1, -0.05) is 43.3 Å². The van der Waals surface area contributed by atoms with Gasteiger partial charge in [-0.05, 0) is 54.9 Å². The molecule has 1 heterocycles. The molecule has 6 N–H and O–H groups in total. The first kappa shape index (κ1) is 28.6. The van der Waals surface area contributed by atoms with Gasteiger partial charge in [-0.25, -0.2) is 9.18 Å². The number of aryl methyl sites for hydroxylation is 1. The van der Waals surface area contributed by atoms with Crippen molar-refractivity contribution >= 4 is 12.0 Å². The normalized spacial score (nSPS) is 18.2. The Morgan fingerprint density at radius 2 is 2.03 bits per heavy atom. The highest BCUT2D eigenvalue weighted by atomic mass is 19.1. The number of aliphatic hydroxyl groups excluding tert-OH is 1. The van der Waals surface area contributed by atoms with Crippen LogP contribution in [-0.4, -0.2) is 64.5 Å². The molecule has 0 bridgehead atoms. The van der Waals surface area contributed by atoms with Crippen LogP contribution in [0.2, 0.25) is 0 Å². The lowest BCUT2D eigenvalue weighted by molar-refractivity contribution is -0.138. The number of carbonyl (C=O) groups is 2. The number of likely N-dealkylation sites (tertiary alicyclic amines) is 1. The van der Waals surface area contributed by atoms with Gasteiger partial charge in [-0.2, -0.15) is 0 Å². The molecule has 37 heavy (non-hydrogen) atoms. The molecule has 8 nitrogen and oxygen atoms in total. The van der Waals surface area contributed by atoms with Gasteiger partial charge >= 0.3 is 6.09 Å². The first-order valence-electron chi connectivity index (χ1n) is 12.9. The van der Waals surface area contributed by atoms with Crippen LogP contribution in [0.15, 0.2) is 42.5 Å². The molecule has 3 atom stereocenters. The van der Waals surface area contributed by atoms with Crippen molar-refractivity contribution in [1.29, 1.82) is 0 Å². The Balaban J connectivity index is 2.02. The van der Waals surface area contributed by atoms with E-state index in [-0.39, 0.29) is 38.4 Å². The van der Waals surface area contributed by atoms with Crippen molar-refractivity contribution in [2.75, 3.05) is 26.2 Å². The number of carbonyl (C=O) groups excluding carboxylic acids is 1. The summed E-state index contributed by atoms with van der Waals surface area (Å²) in [6, 6.07) is 12.2. The van der Waals surface area contributed by atoms with Crippen molar-refractivity contribution in [3.63, 3.8) is 0 Å². The number of halogens is 1. The van der Waals surface area contributed by atoms with Crippen LogP contribution in [0.4, 0.5) is 9.18 Å². The monoisotopic (exact) mass is 515 g/mol. The van der Waals surface area contributed by atoms with Crippen LogP contribution < -0.4 is 11.1 Å². The minimum Gasteiger partial charge on any atom is -0.465 e. The molecule has 2 aromatic carbocycles. The van der Waals surface area contributed by atoms with Crippen LogP contribution >= 0.6 is 0 Å². The third-order valence-electron chi connectivity index (χ3n) is 7.25. The average molecular weight is 516 g/mol. The van der Waals surface area contributed by atoms with Crippen LogP contribution in [0.5, 0.6) is 0 Å². The molecule has 0 spiro atoms. The summed E-state index contributed by atoms with van der Waals surface area (Å²) in [4.78, 5) is 25.4. The Morgan fingerprint density at radius 1 is 1.27 bits per heavy atom. The Labute approximate surface area is 217 Å². The van der Waals surface area contributed by atoms with Gasteiger partial charge in [-0.3, -0.25) is 4.79 Å². The van der Waals surface area contributed by atoms with Gasteiger partial charge < -0.3 is 31.3 Å². The number of rotatable bonds is 11. The fourth-order valence-electron chi connectivity index (χ4n) is 5.24. The molecule has 1 saturated heterocycles. The molecular formula is C28H38FN3O5. The summed E-state index contributed by atoms with van der Waals surface area (Å²) in [5.74, 6) is -1.12. The molecule has 0 aliphatic carbocycles. The van der Waals surface area contributed by atoms with E-state index in [1.165, 1.54) is 6.07 Å². The number of aliphatic hydroxyl groups is 2. The summed E-state index contributed by atoms with van der Waals surface area (Å²) in [6.45, 7) is 2.86. The molecule has 2 aromatic rings. The number of nitrogens with one attached hydrogen (secondary N) is 1. The molecule has 1 aliphatic heterocycles. The molecule has 1 fully saturated rings. The van der Waals surface area contributed by atoms with Crippen molar-refractivity contribution in [2.45, 2.75) is 57.2 Å². The van der Waals surface area contributed by atoms with Crippen LogP contribution in [0, 0.1) is 11.7 Å². The zero-order valence-corrected chi connectivity index (χ0v) is 21.3. The summed E-state index contributed by atoms with van der Waals surface area (Å²) < 4.78 is 15.4. The minimum absolute atomic E-state index is 0.0208. The van der Waals surface area contributed by atoms with Gasteiger partial charge in [-0.15, -0.1) is 0 Å². The highest BCUT2D eigenvalue weighted by Gasteiger charge is 2.43. The van der Waals surface area contributed by atoms with E-state index in [9.17, 15) is 19.8 Å². The molecule has 1 aliphatic rings. The van der Waals surface area contributed by atoms with E-state index in [0.717, 1.165) is 12.0 Å². The predicted molar refractivity (Wildman–Crippen MR) is 139 cm³/mol. The van der Waals surface area contributed by atoms with Crippen LogP contribution in [0.3, 0.4) is 0 Å². The van der Waals surface area contributed by atoms with Gasteiger partial charge in [0.2, 0.25) is 5.91 Å². The zero-order valence-electron chi connectivity index (χ0n) is 21.3. The number of amides is 2. The smallest absolute Gasteiger partial charge is 0.404 e. The predicted octanol–water partition coefficient (Wildman–Crippen LogP) is 3.24. The molecule has 2 amide bonds. The third kappa shape index (κ3) is 7.06. The maximum Gasteiger partial charge on any atom is 0.404 e. The summed E-state index contributed by atoms with van der Waals surface area (Å²) >= 11 is 0. The Hall–Kier alpha value is -3.01. The number of nitrogens with zero attached hydrogens (tertiary/aromatic N) is 1. The van der Waals surface area contributed by atoms with E-state index >= 15 is 4.39 Å². The average Bonchev–Trinajstić information content (AvgIpc) is 2.90. The lowest BCUT2D eigenvalue weighted by Gasteiger charge is -2.44. The second kappa shape index (κ2) is 13.0. The SMILES string of the molecule is CCc1cccc(-c2c(F)cccc2[C@](O)(CCCNC(=O)O)[C@@H]2CCCN(C(=O)C[C@H](O)CN)C2)c1. The van der Waals surface area contributed by atoms with Gasteiger partial charge in [0.05, 0.1) is 18.1 Å². The van der Waals surface area contributed by atoms with Crippen molar-refractivity contribution in [2.24, 2.45) is 11.7 Å². The van der Waals surface area contributed by atoms with E-state index in [0.29, 0.717) is 42.5 Å². The summed E-state index contributed by atoms with van der Waals surface area (Å²) in [5, 5.41) is 33.5. The minimum atomic E-state index is -1.52. The number of hydrogen-bond acceptors (Lipinski definition) is 5. The molecule has 3 rings (SSSR count). The third-order valence-corrected chi connectivity index (χ3v) is 7.25. The van der Waals surface area contributed by atoms with Gasteiger partial charge in [0.1, 0.15) is 5.82 Å². The zero-order chi connectivity index (χ0) is 27.0. The first-order chi connectivity index (χ1) is 17.7. The molecular weight excluding hydrogens is 477 g/mol. The topological polar surface area (TPSA) is 136 Å². The quantitative estimate of drug-likeness (QED) is 0.292. The van der Waals surface area contributed by atoms with Crippen LogP contribution in [-0.2, 0) is 16.8 Å². The standard InChI is InChI=1S/C28H38FN3O5/c1-2-19-7-3-8-20(15-19)26-23(10-4-11-24(26)29)28(37,12-6-13-31-27(35)36)21-9-5-14-32(18-21)25(34)16-22(33)17-30/h3-4,7-8,10-11,15,21-22,31,33,37H,2,5-6,9,12-14,16-18,30H2,1H3,(H,35,36)/t21-,22+,28+/m1/s1. The van der Waals surface area contributed by atoms with Crippen molar-refractivity contribution < 1.29 is 29.3 Å². The largest absolute Gasteiger partial charge is 0.465 e. The van der Waals surface area contributed by atoms with Gasteiger partial charge in [0.25, 0.3) is 0 Å². The second-order valence-corrected chi connectivity index (χ2v) is 9.75. The van der Waals surface area contributed by atoms with Crippen molar-refractivity contribution in [3.8, 4) is 11.1 Å². The highest BCUT2D eigenvalue weighted by Crippen LogP contribution is 2.44. The summed E-state index contributed by atoms with van der Waals surface area (Å²) in [5.41, 5.74) is 6.39. The second-order valence-electron chi connectivity index (χ2n) is 9.75. The first-order valence-corrected chi connectivity index (χ1v) is 12.9. The van der Waals surface area contributed by atoms with E-state index < -0.39 is 29.5 Å².